The lowest BCUT2D eigenvalue weighted by Crippen LogP contribution is -2.39. The van der Waals surface area contributed by atoms with E-state index >= 15 is 0 Å². The molecule has 10 heteroatoms. The van der Waals surface area contributed by atoms with E-state index in [0.29, 0.717) is 18.8 Å². The van der Waals surface area contributed by atoms with E-state index in [1.165, 1.54) is 0 Å². The summed E-state index contributed by atoms with van der Waals surface area (Å²) in [6, 6.07) is 22.3. The summed E-state index contributed by atoms with van der Waals surface area (Å²) in [7, 11) is -4.46. The predicted molar refractivity (Wildman–Crippen MR) is 169 cm³/mol. The minimum atomic E-state index is -4.46. The Labute approximate surface area is 258 Å². The van der Waals surface area contributed by atoms with Crippen LogP contribution in [0.15, 0.2) is 89.4 Å². The van der Waals surface area contributed by atoms with E-state index in [1.54, 1.807) is 12.1 Å². The van der Waals surface area contributed by atoms with Gasteiger partial charge in [-0.15, -0.1) is 0 Å². The van der Waals surface area contributed by atoms with Gasteiger partial charge in [0.05, 0.1) is 5.25 Å². The molecule has 1 aliphatic carbocycles. The molecule has 6 aliphatic rings. The number of aliphatic imine (C=N–C) groups is 1. The van der Waals surface area contributed by atoms with E-state index in [2.05, 4.69) is 11.1 Å². The number of ether oxygens (including phenoxy) is 2. The third-order valence-corrected chi connectivity index (χ3v) is 10.7. The molecule has 5 heterocycles. The van der Waals surface area contributed by atoms with E-state index in [9.17, 15) is 18.1 Å². The Morgan fingerprint density at radius 3 is 2.20 bits per heavy atom. The minimum absolute atomic E-state index is 0.0802. The summed E-state index contributed by atoms with van der Waals surface area (Å²) in [4.78, 5) is 4.33. The largest absolute Gasteiger partial charge is 0.508 e. The molecule has 0 amide bonds. The summed E-state index contributed by atoms with van der Waals surface area (Å²) in [6.07, 6.45) is 3.32. The quantitative estimate of drug-likeness (QED) is 0.126. The highest BCUT2D eigenvalue weighted by molar-refractivity contribution is 7.86. The van der Waals surface area contributed by atoms with Gasteiger partial charge in [0.2, 0.25) is 6.23 Å². The molecule has 1 saturated heterocycles. The van der Waals surface area contributed by atoms with Crippen molar-refractivity contribution in [3.8, 4) is 11.5 Å². The van der Waals surface area contributed by atoms with Gasteiger partial charge in [-0.05, 0) is 90.0 Å². The zero-order valence-corrected chi connectivity index (χ0v) is 25.4. The molecule has 3 aromatic carbocycles. The van der Waals surface area contributed by atoms with Gasteiger partial charge in [0.15, 0.2) is 5.96 Å². The lowest BCUT2D eigenvalue weighted by Gasteiger charge is -2.41. The Kier molecular flexibility index (Phi) is 8.41. The molecule has 9 nitrogen and oxygen atoms in total. The van der Waals surface area contributed by atoms with Crippen LogP contribution < -0.4 is 16.2 Å². The third-order valence-electron chi connectivity index (χ3n) is 9.43. The number of aromatic hydroxyl groups is 1. The smallest absolute Gasteiger partial charge is 0.268 e. The van der Waals surface area contributed by atoms with Crippen LogP contribution in [0.2, 0.25) is 0 Å². The van der Waals surface area contributed by atoms with Crippen LogP contribution in [0, 0.1) is 11.8 Å². The molecular weight excluding hydrogens is 578 g/mol. The summed E-state index contributed by atoms with van der Waals surface area (Å²) in [6.45, 7) is 2.53. The van der Waals surface area contributed by atoms with E-state index in [-0.39, 0.29) is 42.0 Å². The lowest BCUT2D eigenvalue weighted by molar-refractivity contribution is 0.0813. The number of nitrogens with two attached hydrogens (primary N) is 2. The van der Waals surface area contributed by atoms with Gasteiger partial charge in [-0.25, -0.2) is 4.99 Å². The monoisotopic (exact) mass is 617 g/mol. The number of fused-ring (bicyclic) bond motifs is 2. The second kappa shape index (κ2) is 12.3. The molecule has 1 fully saturated rings. The number of hydrogen-bond donors (Lipinski definition) is 4. The number of hydrogen-bond acceptors (Lipinski definition) is 6. The van der Waals surface area contributed by atoms with Crippen LogP contribution in [-0.2, 0) is 14.9 Å². The summed E-state index contributed by atoms with van der Waals surface area (Å²) in [5.41, 5.74) is 16.1. The summed E-state index contributed by atoms with van der Waals surface area (Å²) in [5, 5.41) is 8.84. The molecule has 3 aromatic rings. The maximum Gasteiger partial charge on any atom is 0.268 e. The van der Waals surface area contributed by atoms with Crippen molar-refractivity contribution in [1.82, 2.24) is 0 Å². The van der Waals surface area contributed by atoms with Crippen LogP contribution >= 0.6 is 0 Å². The molecule has 0 spiro atoms. The zero-order valence-electron chi connectivity index (χ0n) is 24.6. The topological polar surface area (TPSA) is 157 Å². The molecule has 6 N–H and O–H groups in total. The van der Waals surface area contributed by atoms with E-state index in [1.807, 2.05) is 67.6 Å². The molecule has 44 heavy (non-hydrogen) atoms. The molecule has 5 aliphatic heterocycles. The first kappa shape index (κ1) is 30.2. The Hall–Kier alpha value is -3.86. The maximum absolute atomic E-state index is 13.4. The first-order chi connectivity index (χ1) is 21.1. The normalized spacial score (nSPS) is 28.4. The van der Waals surface area contributed by atoms with Crippen molar-refractivity contribution < 1.29 is 27.6 Å². The van der Waals surface area contributed by atoms with Crippen LogP contribution in [0.5, 0.6) is 11.5 Å². The second-order valence-corrected chi connectivity index (χ2v) is 13.7. The second-order valence-electron chi connectivity index (χ2n) is 12.1. The summed E-state index contributed by atoms with van der Waals surface area (Å²) < 4.78 is 50.2. The number of guanidine groups is 1. The highest BCUT2D eigenvalue weighted by atomic mass is 32.2. The summed E-state index contributed by atoms with van der Waals surface area (Å²) in [5.74, 6) is -0.0845. The average molecular weight is 618 g/mol. The highest BCUT2D eigenvalue weighted by Crippen LogP contribution is 2.52. The molecule has 0 radical (unpaired) electrons. The molecular formula is C34H39N3O6S. The fourth-order valence-electron chi connectivity index (χ4n) is 7.31. The molecule has 0 saturated carbocycles. The Bertz CT molecular complexity index is 1630. The Morgan fingerprint density at radius 1 is 0.932 bits per heavy atom. The van der Waals surface area contributed by atoms with Gasteiger partial charge in [0.1, 0.15) is 17.6 Å². The lowest BCUT2D eigenvalue weighted by atomic mass is 9.66. The Balaban J connectivity index is 1.53. The molecule has 6 bridgehead atoms. The van der Waals surface area contributed by atoms with Crippen LogP contribution in [0.25, 0.3) is 0 Å². The van der Waals surface area contributed by atoms with Gasteiger partial charge in [-0.2, -0.15) is 8.42 Å². The van der Waals surface area contributed by atoms with Gasteiger partial charge < -0.3 is 26.0 Å². The first-order valence-electron chi connectivity index (χ1n) is 15.1. The average Bonchev–Trinajstić information content (AvgIpc) is 3.16. The van der Waals surface area contributed by atoms with Crippen LogP contribution in [0.4, 0.5) is 0 Å². The van der Waals surface area contributed by atoms with Gasteiger partial charge >= 0.3 is 0 Å². The van der Waals surface area contributed by atoms with Crippen molar-refractivity contribution in [3.63, 3.8) is 0 Å². The van der Waals surface area contributed by atoms with Crippen molar-refractivity contribution >= 4 is 16.1 Å². The first-order valence-corrected chi connectivity index (χ1v) is 16.6. The van der Waals surface area contributed by atoms with Gasteiger partial charge in [0, 0.05) is 18.1 Å². The minimum Gasteiger partial charge on any atom is -0.508 e. The number of rotatable bonds is 4. The van der Waals surface area contributed by atoms with Crippen molar-refractivity contribution in [2.45, 2.75) is 62.0 Å². The van der Waals surface area contributed by atoms with E-state index < -0.39 is 27.5 Å². The predicted octanol–water partition coefficient (Wildman–Crippen LogP) is 5.70. The standard InChI is InChI=1S/C34H39N3O6S/c1-2-20-19-30(44(39,40)41)29-18-26-17-25(15-16-42-32(26)23-7-11-27(38)12-8-23)31(29)22-3-5-24(6-4-22)33(37-34(35)36)43-28-13-9-21(20)10-14-28/h3-14,18,20,25,29-33,38H,2,15-17,19H2,1H3,(H4,35,36,37)(H,39,40,41). The van der Waals surface area contributed by atoms with Gasteiger partial charge in [-0.1, -0.05) is 61.5 Å². The van der Waals surface area contributed by atoms with Crippen molar-refractivity contribution in [2.75, 3.05) is 6.61 Å². The SMILES string of the molecule is CCC1CC(S(=O)(=O)O)C2C=C3CC(CCOC3c3ccc(O)cc3)C2c2ccc(cc2)C(N=C(N)N)Oc2ccc1cc2. The van der Waals surface area contributed by atoms with Gasteiger partial charge in [-0.3, -0.25) is 4.55 Å². The number of phenols is 1. The van der Waals surface area contributed by atoms with Crippen molar-refractivity contribution in [3.05, 3.63) is 107 Å². The number of benzene rings is 3. The maximum atomic E-state index is 13.4. The molecule has 0 aromatic heterocycles. The van der Waals surface area contributed by atoms with Crippen LogP contribution in [0.1, 0.15) is 79.0 Å². The highest BCUT2D eigenvalue weighted by Gasteiger charge is 2.46. The van der Waals surface area contributed by atoms with Crippen molar-refractivity contribution in [1.29, 1.82) is 0 Å². The molecule has 7 unspecified atom stereocenters. The molecule has 232 valence electrons. The molecule has 9 rings (SSSR count). The Morgan fingerprint density at radius 2 is 1.57 bits per heavy atom. The number of nitrogens with zero attached hydrogens (tertiary/aromatic N) is 1. The van der Waals surface area contributed by atoms with E-state index in [0.717, 1.165) is 40.7 Å². The van der Waals surface area contributed by atoms with Crippen molar-refractivity contribution in [2.24, 2.45) is 28.3 Å². The number of phenolic OH excluding ortho intramolecular Hbond substituents is 1. The molecule has 7 atom stereocenters. The van der Waals surface area contributed by atoms with Crippen LogP contribution in [0.3, 0.4) is 0 Å². The fourth-order valence-corrected chi connectivity index (χ4v) is 8.43. The number of allylic oxidation sites excluding steroid dienone is 1. The zero-order chi connectivity index (χ0) is 31.0. The fraction of sp³-hybridized carbons (Fsp3) is 0.382. The van der Waals surface area contributed by atoms with E-state index in [4.69, 9.17) is 20.9 Å². The van der Waals surface area contributed by atoms with Crippen LogP contribution in [-0.4, -0.2) is 35.9 Å². The summed E-state index contributed by atoms with van der Waals surface area (Å²) >= 11 is 0. The third kappa shape index (κ3) is 6.20. The van der Waals surface area contributed by atoms with Gasteiger partial charge in [0.25, 0.3) is 10.1 Å².